The van der Waals surface area contributed by atoms with Crippen molar-refractivity contribution in [2.45, 2.75) is 6.54 Å². The van der Waals surface area contributed by atoms with Crippen molar-refractivity contribution in [2.24, 2.45) is 0 Å². The number of thiazole rings is 1. The molecule has 3 rings (SSSR count). The molecule has 2 aromatic carbocycles. The molecule has 0 radical (unpaired) electrons. The van der Waals surface area contributed by atoms with E-state index < -0.39 is 0 Å². The lowest BCUT2D eigenvalue weighted by Gasteiger charge is -2.04. The van der Waals surface area contributed by atoms with Gasteiger partial charge in [0.05, 0.1) is 0 Å². The number of amides is 1. The molecule has 0 saturated heterocycles. The van der Waals surface area contributed by atoms with E-state index in [0.717, 1.165) is 21.9 Å². The molecule has 4 nitrogen and oxygen atoms in total. The molecule has 3 aromatic rings. The number of hydrogen-bond donors (Lipinski definition) is 1. The fraction of sp³-hybridized carbons (Fsp3) is 0.100. The Morgan fingerprint density at radius 3 is 2.62 bits per heavy atom. The van der Waals surface area contributed by atoms with Gasteiger partial charge in [-0.15, -0.1) is 11.3 Å². The van der Waals surface area contributed by atoms with Gasteiger partial charge in [-0.2, -0.15) is 0 Å². The lowest BCUT2D eigenvalue weighted by molar-refractivity contribution is 0.0946. The number of rotatable bonds is 7. The third-order valence-corrected chi connectivity index (χ3v) is 4.46. The van der Waals surface area contributed by atoms with E-state index in [1.54, 1.807) is 23.6 Å². The average Bonchev–Trinajstić information content (AvgIpc) is 3.16. The maximum atomic E-state index is 12.9. The molecule has 0 aliphatic heterocycles. The first-order valence-corrected chi connectivity index (χ1v) is 8.86. The van der Waals surface area contributed by atoms with Crippen LogP contribution in [0.5, 0.6) is 5.75 Å². The van der Waals surface area contributed by atoms with Crippen molar-refractivity contribution in [2.75, 3.05) is 6.61 Å². The zero-order valence-electron chi connectivity index (χ0n) is 13.9. The number of carbonyl (C=O) groups is 1. The van der Waals surface area contributed by atoms with E-state index in [2.05, 4.69) is 16.9 Å². The summed E-state index contributed by atoms with van der Waals surface area (Å²) >= 11 is 1.40. The summed E-state index contributed by atoms with van der Waals surface area (Å²) in [5.74, 6) is 0.190. The second kappa shape index (κ2) is 8.40. The molecular weight excluding hydrogens is 351 g/mol. The number of carbonyl (C=O) groups excluding carboxylic acids is 1. The number of ether oxygens (including phenoxy) is 1. The van der Waals surface area contributed by atoms with Crippen LogP contribution in [0.25, 0.3) is 10.6 Å². The molecule has 0 unspecified atom stereocenters. The number of aromatic nitrogens is 1. The summed E-state index contributed by atoms with van der Waals surface area (Å²) < 4.78 is 18.3. The van der Waals surface area contributed by atoms with Crippen LogP contribution in [-0.4, -0.2) is 17.5 Å². The Balaban J connectivity index is 1.62. The molecule has 1 amide bonds. The molecule has 0 atom stereocenters. The molecule has 0 aliphatic rings. The van der Waals surface area contributed by atoms with Gasteiger partial charge in [-0.3, -0.25) is 4.79 Å². The number of halogens is 1. The Morgan fingerprint density at radius 1 is 1.19 bits per heavy atom. The predicted octanol–water partition coefficient (Wildman–Crippen LogP) is 4.44. The van der Waals surface area contributed by atoms with Crippen molar-refractivity contribution < 1.29 is 13.9 Å². The van der Waals surface area contributed by atoms with Crippen molar-refractivity contribution in [1.82, 2.24) is 10.3 Å². The minimum Gasteiger partial charge on any atom is -0.490 e. The van der Waals surface area contributed by atoms with Crippen LogP contribution in [-0.2, 0) is 6.54 Å². The van der Waals surface area contributed by atoms with Crippen LogP contribution in [0.3, 0.4) is 0 Å². The van der Waals surface area contributed by atoms with Crippen LogP contribution in [0.15, 0.2) is 66.6 Å². The topological polar surface area (TPSA) is 51.2 Å². The molecule has 0 fully saturated rings. The van der Waals surface area contributed by atoms with Crippen LogP contribution in [0.4, 0.5) is 4.39 Å². The first-order chi connectivity index (χ1) is 12.7. The molecule has 0 spiro atoms. The van der Waals surface area contributed by atoms with Gasteiger partial charge >= 0.3 is 0 Å². The van der Waals surface area contributed by atoms with Gasteiger partial charge in [0.15, 0.2) is 0 Å². The van der Waals surface area contributed by atoms with Gasteiger partial charge in [-0.25, -0.2) is 9.37 Å². The summed E-state index contributed by atoms with van der Waals surface area (Å²) in [6, 6.07) is 13.5. The maximum Gasteiger partial charge on any atom is 0.271 e. The predicted molar refractivity (Wildman–Crippen MR) is 101 cm³/mol. The summed E-state index contributed by atoms with van der Waals surface area (Å²) in [4.78, 5) is 16.6. The highest BCUT2D eigenvalue weighted by Gasteiger charge is 2.12. The first kappa shape index (κ1) is 17.8. The Labute approximate surface area is 155 Å². The smallest absolute Gasteiger partial charge is 0.271 e. The minimum atomic E-state index is -0.301. The molecule has 0 saturated carbocycles. The van der Waals surface area contributed by atoms with E-state index in [9.17, 15) is 9.18 Å². The summed E-state index contributed by atoms with van der Waals surface area (Å²) in [6.45, 7) is 4.38. The van der Waals surface area contributed by atoms with E-state index >= 15 is 0 Å². The summed E-state index contributed by atoms with van der Waals surface area (Å²) in [5.41, 5.74) is 2.10. The van der Waals surface area contributed by atoms with Crippen LogP contribution in [0.1, 0.15) is 16.1 Å². The van der Waals surface area contributed by atoms with Gasteiger partial charge in [-0.1, -0.05) is 24.8 Å². The van der Waals surface area contributed by atoms with Gasteiger partial charge in [0.1, 0.15) is 28.9 Å². The third-order valence-electron chi connectivity index (χ3n) is 3.57. The third kappa shape index (κ3) is 4.55. The van der Waals surface area contributed by atoms with Crippen molar-refractivity contribution in [3.8, 4) is 16.3 Å². The van der Waals surface area contributed by atoms with Crippen LogP contribution in [0, 0.1) is 5.82 Å². The molecule has 6 heteroatoms. The van der Waals surface area contributed by atoms with E-state index in [0.29, 0.717) is 18.8 Å². The molecule has 1 aromatic heterocycles. The molecular formula is C20H17FN2O2S. The fourth-order valence-electron chi connectivity index (χ4n) is 2.23. The van der Waals surface area contributed by atoms with Gasteiger partial charge < -0.3 is 10.1 Å². The van der Waals surface area contributed by atoms with Gasteiger partial charge in [0.2, 0.25) is 0 Å². The van der Waals surface area contributed by atoms with E-state index in [1.807, 2.05) is 24.3 Å². The van der Waals surface area contributed by atoms with Crippen molar-refractivity contribution >= 4 is 17.2 Å². The summed E-state index contributed by atoms with van der Waals surface area (Å²) in [5, 5.41) is 5.26. The van der Waals surface area contributed by atoms with Crippen LogP contribution in [0.2, 0.25) is 0 Å². The second-order valence-corrected chi connectivity index (χ2v) is 6.33. The quantitative estimate of drug-likeness (QED) is 0.627. The fourth-order valence-corrected chi connectivity index (χ4v) is 3.04. The normalized spacial score (nSPS) is 10.3. The summed E-state index contributed by atoms with van der Waals surface area (Å²) in [6.07, 6.45) is 1.69. The molecule has 26 heavy (non-hydrogen) atoms. The molecule has 0 aliphatic carbocycles. The van der Waals surface area contributed by atoms with Gasteiger partial charge in [0, 0.05) is 17.5 Å². The Bertz CT molecular complexity index is 889. The monoisotopic (exact) mass is 368 g/mol. The van der Waals surface area contributed by atoms with E-state index in [1.165, 1.54) is 23.5 Å². The van der Waals surface area contributed by atoms with Gasteiger partial charge in [0.25, 0.3) is 5.91 Å². The highest BCUT2D eigenvalue weighted by Crippen LogP contribution is 2.25. The average molecular weight is 368 g/mol. The van der Waals surface area contributed by atoms with Crippen LogP contribution >= 0.6 is 11.3 Å². The Kier molecular flexibility index (Phi) is 5.76. The first-order valence-electron chi connectivity index (χ1n) is 7.98. The van der Waals surface area contributed by atoms with Crippen molar-refractivity contribution in [1.29, 1.82) is 0 Å². The number of benzene rings is 2. The number of hydrogen-bond acceptors (Lipinski definition) is 4. The Morgan fingerprint density at radius 2 is 1.92 bits per heavy atom. The van der Waals surface area contributed by atoms with Gasteiger partial charge in [-0.05, 0) is 42.0 Å². The number of nitrogens with zero attached hydrogens (tertiary/aromatic N) is 1. The highest BCUT2D eigenvalue weighted by molar-refractivity contribution is 7.13. The molecule has 1 N–H and O–H groups in total. The van der Waals surface area contributed by atoms with E-state index in [4.69, 9.17) is 4.74 Å². The molecule has 132 valence electrons. The highest BCUT2D eigenvalue weighted by atomic mass is 32.1. The molecule has 0 bridgehead atoms. The summed E-state index contributed by atoms with van der Waals surface area (Å²) in [7, 11) is 0. The minimum absolute atomic E-state index is 0.261. The Hall–Kier alpha value is -2.99. The standard InChI is InChI=1S/C20H17FN2O2S/c1-2-11-25-17-9-5-15(6-10-17)20-23-18(13-26-20)19(24)22-12-14-3-7-16(21)8-4-14/h2-10,13H,1,11-12H2,(H,22,24). The zero-order valence-corrected chi connectivity index (χ0v) is 14.8. The zero-order chi connectivity index (χ0) is 18.4. The molecule has 1 heterocycles. The van der Waals surface area contributed by atoms with E-state index in [-0.39, 0.29) is 11.7 Å². The van der Waals surface area contributed by atoms with Crippen LogP contribution < -0.4 is 10.1 Å². The second-order valence-electron chi connectivity index (χ2n) is 5.47. The van der Waals surface area contributed by atoms with Crippen molar-refractivity contribution in [3.05, 3.63) is 83.6 Å². The largest absolute Gasteiger partial charge is 0.490 e. The van der Waals surface area contributed by atoms with Crippen molar-refractivity contribution in [3.63, 3.8) is 0 Å². The SMILES string of the molecule is C=CCOc1ccc(-c2nc(C(=O)NCc3ccc(F)cc3)cs2)cc1. The number of nitrogens with one attached hydrogen (secondary N) is 1. The lowest BCUT2D eigenvalue weighted by Crippen LogP contribution is -2.23. The maximum absolute atomic E-state index is 12.9. The lowest BCUT2D eigenvalue weighted by atomic mass is 10.2.